The van der Waals surface area contributed by atoms with E-state index in [4.69, 9.17) is 4.52 Å². The van der Waals surface area contributed by atoms with Crippen LogP contribution in [0.25, 0.3) is 11.4 Å². The number of hydrogen-bond acceptors (Lipinski definition) is 4. The van der Waals surface area contributed by atoms with Crippen molar-refractivity contribution in [1.29, 1.82) is 0 Å². The molecule has 0 radical (unpaired) electrons. The Bertz CT molecular complexity index is 786. The van der Waals surface area contributed by atoms with Crippen molar-refractivity contribution in [2.45, 2.75) is 50.4 Å². The molecule has 7 heteroatoms. The van der Waals surface area contributed by atoms with E-state index in [1.54, 1.807) is 18.2 Å². The lowest BCUT2D eigenvalue weighted by Crippen LogP contribution is -2.26. The average molecular weight is 347 g/mol. The fourth-order valence-corrected chi connectivity index (χ4v) is 3.27. The van der Waals surface area contributed by atoms with Crippen LogP contribution in [0.4, 0.5) is 14.5 Å². The van der Waals surface area contributed by atoms with E-state index in [0.29, 0.717) is 36.2 Å². The summed E-state index contributed by atoms with van der Waals surface area (Å²) < 4.78 is 32.6. The van der Waals surface area contributed by atoms with Crippen molar-refractivity contribution in [3.63, 3.8) is 0 Å². The maximum Gasteiger partial charge on any atom is 0.251 e. The van der Waals surface area contributed by atoms with E-state index in [-0.39, 0.29) is 12.8 Å². The minimum atomic E-state index is -2.73. The maximum atomic E-state index is 13.7. The summed E-state index contributed by atoms with van der Waals surface area (Å²) in [6.07, 6.45) is 2.73. The first-order chi connectivity index (χ1) is 12.0. The van der Waals surface area contributed by atoms with Gasteiger partial charge in [0.05, 0.1) is 0 Å². The first-order valence-electron chi connectivity index (χ1n) is 8.63. The molecule has 1 heterocycles. The van der Waals surface area contributed by atoms with Gasteiger partial charge in [0.15, 0.2) is 0 Å². The molecule has 1 aromatic carbocycles. The molecule has 2 fully saturated rings. The normalized spacial score (nSPS) is 22.1. The van der Waals surface area contributed by atoms with Gasteiger partial charge in [-0.15, -0.1) is 0 Å². The highest BCUT2D eigenvalue weighted by Crippen LogP contribution is 2.42. The Morgan fingerprint density at radius 1 is 1.32 bits per heavy atom. The average Bonchev–Trinajstić information content (AvgIpc) is 3.21. The molecular weight excluding hydrogens is 328 g/mol. The van der Waals surface area contributed by atoms with E-state index >= 15 is 0 Å². The smallest absolute Gasteiger partial charge is 0.251 e. The van der Waals surface area contributed by atoms with Crippen LogP contribution in [-0.4, -0.2) is 22.0 Å². The van der Waals surface area contributed by atoms with E-state index in [9.17, 15) is 13.6 Å². The summed E-state index contributed by atoms with van der Waals surface area (Å²) in [5, 5.41) is 6.67. The van der Waals surface area contributed by atoms with E-state index in [1.807, 2.05) is 6.07 Å². The number of carbonyl (C=O) groups excluding carboxylic acids is 1. The Balaban J connectivity index is 1.43. The second kappa shape index (κ2) is 6.20. The Morgan fingerprint density at radius 3 is 2.88 bits per heavy atom. The second-order valence-corrected chi connectivity index (χ2v) is 6.91. The fraction of sp³-hybridized carbons (Fsp3) is 0.500. The van der Waals surface area contributed by atoms with Crippen molar-refractivity contribution in [3.05, 3.63) is 30.2 Å². The predicted molar refractivity (Wildman–Crippen MR) is 87.2 cm³/mol. The third-order valence-electron chi connectivity index (χ3n) is 4.86. The van der Waals surface area contributed by atoms with Gasteiger partial charge in [-0.05, 0) is 37.8 Å². The van der Waals surface area contributed by atoms with Gasteiger partial charge >= 0.3 is 0 Å². The number of halogens is 2. The Labute approximate surface area is 143 Å². The summed E-state index contributed by atoms with van der Waals surface area (Å²) in [6, 6.07) is 7.03. The molecule has 0 bridgehead atoms. The van der Waals surface area contributed by atoms with E-state index < -0.39 is 17.7 Å². The van der Waals surface area contributed by atoms with Crippen molar-refractivity contribution < 1.29 is 18.1 Å². The highest BCUT2D eigenvalue weighted by molar-refractivity contribution is 5.91. The van der Waals surface area contributed by atoms with Gasteiger partial charge in [0.2, 0.25) is 17.6 Å². The number of alkyl halides is 2. The largest absolute Gasteiger partial charge is 0.339 e. The summed E-state index contributed by atoms with van der Waals surface area (Å²) in [6.45, 7) is 0. The first-order valence-corrected chi connectivity index (χ1v) is 8.63. The Morgan fingerprint density at radius 2 is 2.16 bits per heavy atom. The monoisotopic (exact) mass is 347 g/mol. The number of aromatic nitrogens is 2. The van der Waals surface area contributed by atoms with Crippen LogP contribution < -0.4 is 5.32 Å². The van der Waals surface area contributed by atoms with E-state index in [1.165, 1.54) is 0 Å². The van der Waals surface area contributed by atoms with Crippen LogP contribution in [0.15, 0.2) is 28.8 Å². The molecule has 0 aliphatic heterocycles. The SMILES string of the molecule is O=C(CC1CCCC1(F)F)Nc1cccc(-c2noc(C3CC3)n2)c1. The summed E-state index contributed by atoms with van der Waals surface area (Å²) >= 11 is 0. The molecule has 1 atom stereocenters. The molecule has 25 heavy (non-hydrogen) atoms. The van der Waals surface area contributed by atoms with Crippen molar-refractivity contribution in [1.82, 2.24) is 10.1 Å². The van der Waals surface area contributed by atoms with Gasteiger partial charge in [0.25, 0.3) is 5.92 Å². The Hall–Kier alpha value is -2.31. The van der Waals surface area contributed by atoms with Crippen molar-refractivity contribution in [3.8, 4) is 11.4 Å². The number of nitrogens with one attached hydrogen (secondary N) is 1. The lowest BCUT2D eigenvalue weighted by Gasteiger charge is -2.18. The van der Waals surface area contributed by atoms with Gasteiger partial charge in [0.1, 0.15) is 0 Å². The Kier molecular flexibility index (Phi) is 4.01. The number of amides is 1. The molecule has 1 unspecified atom stereocenters. The molecule has 5 nitrogen and oxygen atoms in total. The van der Waals surface area contributed by atoms with E-state index in [0.717, 1.165) is 18.4 Å². The minimum Gasteiger partial charge on any atom is -0.339 e. The van der Waals surface area contributed by atoms with Crippen molar-refractivity contribution in [2.24, 2.45) is 5.92 Å². The maximum absolute atomic E-state index is 13.7. The highest BCUT2D eigenvalue weighted by atomic mass is 19.3. The summed E-state index contributed by atoms with van der Waals surface area (Å²) in [4.78, 5) is 16.5. The quantitative estimate of drug-likeness (QED) is 0.872. The van der Waals surface area contributed by atoms with Crippen LogP contribution in [-0.2, 0) is 4.79 Å². The standard InChI is InChI=1S/C18H19F2N3O2/c19-18(20)8-2-4-13(18)10-15(24)21-14-5-1-3-12(9-14)16-22-17(25-23-16)11-6-7-11/h1,3,5,9,11,13H,2,4,6-8,10H2,(H,21,24). The zero-order valence-electron chi connectivity index (χ0n) is 13.7. The second-order valence-electron chi connectivity index (χ2n) is 6.91. The summed E-state index contributed by atoms with van der Waals surface area (Å²) in [7, 11) is 0. The topological polar surface area (TPSA) is 68.0 Å². The molecule has 1 amide bonds. The lowest BCUT2D eigenvalue weighted by molar-refractivity contribution is -0.120. The molecule has 0 saturated heterocycles. The van der Waals surface area contributed by atoms with Crippen molar-refractivity contribution >= 4 is 11.6 Å². The molecular formula is C18H19F2N3O2. The highest BCUT2D eigenvalue weighted by Gasteiger charge is 2.44. The molecule has 132 valence electrons. The molecule has 2 aliphatic carbocycles. The number of carbonyl (C=O) groups is 1. The van der Waals surface area contributed by atoms with Crippen LogP contribution in [0.1, 0.15) is 50.3 Å². The molecule has 1 N–H and O–H groups in total. The van der Waals surface area contributed by atoms with Gasteiger partial charge in [-0.2, -0.15) is 4.98 Å². The van der Waals surface area contributed by atoms with Crippen LogP contribution in [0.5, 0.6) is 0 Å². The third kappa shape index (κ3) is 3.55. The molecule has 2 aromatic rings. The first kappa shape index (κ1) is 16.2. The number of rotatable bonds is 5. The number of benzene rings is 1. The van der Waals surface area contributed by atoms with Gasteiger partial charge in [0, 0.05) is 35.9 Å². The third-order valence-corrected chi connectivity index (χ3v) is 4.86. The van der Waals surface area contributed by atoms with Crippen molar-refractivity contribution in [2.75, 3.05) is 5.32 Å². The zero-order chi connectivity index (χ0) is 17.4. The molecule has 0 spiro atoms. The summed E-state index contributed by atoms with van der Waals surface area (Å²) in [5.74, 6) is -2.50. The molecule has 2 aliphatic rings. The fourth-order valence-electron chi connectivity index (χ4n) is 3.27. The lowest BCUT2D eigenvalue weighted by atomic mass is 10.0. The van der Waals surface area contributed by atoms with Crippen LogP contribution in [0, 0.1) is 5.92 Å². The molecule has 2 saturated carbocycles. The number of hydrogen-bond donors (Lipinski definition) is 1. The number of anilines is 1. The van der Waals surface area contributed by atoms with Gasteiger partial charge < -0.3 is 9.84 Å². The molecule has 4 rings (SSSR count). The van der Waals surface area contributed by atoms with Crippen LogP contribution in [0.2, 0.25) is 0 Å². The predicted octanol–water partition coefficient (Wildman–Crippen LogP) is 4.38. The van der Waals surface area contributed by atoms with Gasteiger partial charge in [-0.25, -0.2) is 8.78 Å². The summed E-state index contributed by atoms with van der Waals surface area (Å²) in [5.41, 5.74) is 1.27. The van der Waals surface area contributed by atoms with Gasteiger partial charge in [-0.3, -0.25) is 4.79 Å². The van der Waals surface area contributed by atoms with Crippen LogP contribution >= 0.6 is 0 Å². The minimum absolute atomic E-state index is 0.123. The van der Waals surface area contributed by atoms with E-state index in [2.05, 4.69) is 15.5 Å². The van der Waals surface area contributed by atoms with Gasteiger partial charge in [-0.1, -0.05) is 17.3 Å². The molecule has 1 aromatic heterocycles. The number of nitrogens with zero attached hydrogens (tertiary/aromatic N) is 2. The zero-order valence-corrected chi connectivity index (χ0v) is 13.7. The van der Waals surface area contributed by atoms with Crippen LogP contribution in [0.3, 0.4) is 0 Å².